The van der Waals surface area contributed by atoms with Crippen molar-refractivity contribution in [3.63, 3.8) is 0 Å². The van der Waals surface area contributed by atoms with Crippen LogP contribution >= 0.6 is 11.3 Å². The molecule has 0 aliphatic rings. The Kier molecular flexibility index (Phi) is 5.15. The smallest absolute Gasteiger partial charge is 0.123 e. The second-order valence-corrected chi connectivity index (χ2v) is 5.73. The molecular formula is C16H20FNOS. The van der Waals surface area contributed by atoms with Crippen LogP contribution in [0.25, 0.3) is 0 Å². The Morgan fingerprint density at radius 2 is 2.15 bits per heavy atom. The summed E-state index contributed by atoms with van der Waals surface area (Å²) in [6, 6.07) is 9.11. The first kappa shape index (κ1) is 15.0. The van der Waals surface area contributed by atoms with Crippen LogP contribution in [-0.2, 0) is 0 Å². The van der Waals surface area contributed by atoms with Gasteiger partial charge in [0, 0.05) is 22.5 Å². The topological polar surface area (TPSA) is 21.3 Å². The largest absolute Gasteiger partial charge is 0.496 e. The van der Waals surface area contributed by atoms with Gasteiger partial charge in [-0.15, -0.1) is 11.3 Å². The molecule has 2 nitrogen and oxygen atoms in total. The van der Waals surface area contributed by atoms with E-state index in [4.69, 9.17) is 4.74 Å². The molecule has 2 aromatic rings. The Morgan fingerprint density at radius 1 is 1.35 bits per heavy atom. The molecule has 0 aliphatic heterocycles. The van der Waals surface area contributed by atoms with Crippen molar-refractivity contribution in [1.82, 2.24) is 5.32 Å². The van der Waals surface area contributed by atoms with Crippen molar-refractivity contribution in [2.75, 3.05) is 7.11 Å². The molecule has 2 unspecified atom stereocenters. The summed E-state index contributed by atoms with van der Waals surface area (Å²) in [5, 5.41) is 5.63. The fourth-order valence-corrected chi connectivity index (χ4v) is 3.20. The molecule has 0 spiro atoms. The van der Waals surface area contributed by atoms with Gasteiger partial charge in [0.05, 0.1) is 7.11 Å². The van der Waals surface area contributed by atoms with Gasteiger partial charge in [0.25, 0.3) is 0 Å². The van der Waals surface area contributed by atoms with E-state index in [2.05, 4.69) is 29.8 Å². The molecule has 20 heavy (non-hydrogen) atoms. The van der Waals surface area contributed by atoms with Gasteiger partial charge in [-0.3, -0.25) is 0 Å². The van der Waals surface area contributed by atoms with E-state index in [0.717, 1.165) is 12.0 Å². The van der Waals surface area contributed by atoms with Gasteiger partial charge in [-0.1, -0.05) is 13.0 Å². The lowest BCUT2D eigenvalue weighted by atomic mass is 10.0. The summed E-state index contributed by atoms with van der Waals surface area (Å²) in [7, 11) is 1.61. The van der Waals surface area contributed by atoms with Crippen LogP contribution in [-0.4, -0.2) is 7.11 Å². The number of methoxy groups -OCH3 is 1. The molecule has 108 valence electrons. The van der Waals surface area contributed by atoms with Crippen molar-refractivity contribution in [2.45, 2.75) is 32.4 Å². The second-order valence-electron chi connectivity index (χ2n) is 4.75. The number of benzene rings is 1. The predicted molar refractivity (Wildman–Crippen MR) is 81.9 cm³/mol. The predicted octanol–water partition coefficient (Wildman–Crippen LogP) is 4.70. The first-order valence-corrected chi connectivity index (χ1v) is 7.66. The maximum atomic E-state index is 13.5. The molecule has 2 rings (SSSR count). The Bertz CT molecular complexity index is 541. The zero-order valence-electron chi connectivity index (χ0n) is 12.0. The highest BCUT2D eigenvalue weighted by atomic mass is 32.1. The number of halogens is 1. The Labute approximate surface area is 123 Å². The van der Waals surface area contributed by atoms with Gasteiger partial charge < -0.3 is 10.1 Å². The van der Waals surface area contributed by atoms with E-state index in [1.165, 1.54) is 17.0 Å². The highest BCUT2D eigenvalue weighted by Crippen LogP contribution is 2.30. The van der Waals surface area contributed by atoms with E-state index < -0.39 is 0 Å². The first-order chi connectivity index (χ1) is 9.65. The first-order valence-electron chi connectivity index (χ1n) is 6.78. The summed E-state index contributed by atoms with van der Waals surface area (Å²) in [6.45, 7) is 4.18. The van der Waals surface area contributed by atoms with Crippen molar-refractivity contribution < 1.29 is 9.13 Å². The summed E-state index contributed by atoms with van der Waals surface area (Å²) in [6.07, 6.45) is 0.989. The Hall–Kier alpha value is -1.39. The molecule has 0 fully saturated rings. The van der Waals surface area contributed by atoms with E-state index in [-0.39, 0.29) is 17.9 Å². The highest BCUT2D eigenvalue weighted by Gasteiger charge is 2.17. The molecule has 0 aliphatic carbocycles. The van der Waals surface area contributed by atoms with Crippen molar-refractivity contribution >= 4 is 11.3 Å². The molecule has 1 aromatic carbocycles. The number of hydrogen-bond donors (Lipinski definition) is 1. The third-order valence-electron chi connectivity index (χ3n) is 3.40. The molecule has 2 atom stereocenters. The van der Waals surface area contributed by atoms with Crippen LogP contribution in [0.15, 0.2) is 35.7 Å². The maximum absolute atomic E-state index is 13.5. The third-order valence-corrected chi connectivity index (χ3v) is 4.39. The van der Waals surface area contributed by atoms with E-state index in [0.29, 0.717) is 5.75 Å². The number of ether oxygens (including phenoxy) is 1. The van der Waals surface area contributed by atoms with E-state index in [9.17, 15) is 4.39 Å². The lowest BCUT2D eigenvalue weighted by Crippen LogP contribution is -2.24. The molecule has 0 radical (unpaired) electrons. The van der Waals surface area contributed by atoms with E-state index in [1.54, 1.807) is 24.5 Å². The summed E-state index contributed by atoms with van der Waals surface area (Å²) in [5.74, 6) is 0.478. The Balaban J connectivity index is 2.18. The average molecular weight is 293 g/mol. The Morgan fingerprint density at radius 3 is 2.75 bits per heavy atom. The molecule has 1 heterocycles. The average Bonchev–Trinajstić information content (AvgIpc) is 2.98. The molecule has 1 N–H and O–H groups in total. The van der Waals surface area contributed by atoms with Crippen LogP contribution in [0.1, 0.15) is 42.8 Å². The lowest BCUT2D eigenvalue weighted by Gasteiger charge is -2.23. The van der Waals surface area contributed by atoms with Crippen LogP contribution in [0.3, 0.4) is 0 Å². The SMILES string of the molecule is CCC(NC(C)c1cc(F)ccc1OC)c1cccs1. The zero-order valence-corrected chi connectivity index (χ0v) is 12.8. The van der Waals surface area contributed by atoms with Crippen molar-refractivity contribution in [3.05, 3.63) is 52.0 Å². The standard InChI is InChI=1S/C16H20FNOS/c1-4-14(16-6-5-9-20-16)18-11(2)13-10-12(17)7-8-15(13)19-3/h5-11,14,18H,4H2,1-3H3. The summed E-state index contributed by atoms with van der Waals surface area (Å²) in [5.41, 5.74) is 0.850. The van der Waals surface area contributed by atoms with Gasteiger partial charge in [-0.2, -0.15) is 0 Å². The van der Waals surface area contributed by atoms with Gasteiger partial charge in [-0.05, 0) is 43.0 Å². The minimum atomic E-state index is -0.237. The summed E-state index contributed by atoms with van der Waals surface area (Å²) < 4.78 is 18.8. The van der Waals surface area contributed by atoms with Crippen LogP contribution in [0.2, 0.25) is 0 Å². The highest BCUT2D eigenvalue weighted by molar-refractivity contribution is 7.10. The fraction of sp³-hybridized carbons (Fsp3) is 0.375. The van der Waals surface area contributed by atoms with Gasteiger partial charge in [-0.25, -0.2) is 4.39 Å². The van der Waals surface area contributed by atoms with Crippen molar-refractivity contribution in [1.29, 1.82) is 0 Å². The number of hydrogen-bond acceptors (Lipinski definition) is 3. The number of nitrogens with one attached hydrogen (secondary N) is 1. The van der Waals surface area contributed by atoms with Crippen LogP contribution < -0.4 is 10.1 Å². The minimum absolute atomic E-state index is 0.0210. The summed E-state index contributed by atoms with van der Waals surface area (Å²) in [4.78, 5) is 1.30. The van der Waals surface area contributed by atoms with Gasteiger partial charge in [0.1, 0.15) is 11.6 Å². The number of rotatable bonds is 6. The van der Waals surface area contributed by atoms with Gasteiger partial charge in [0.15, 0.2) is 0 Å². The van der Waals surface area contributed by atoms with Crippen LogP contribution in [0.5, 0.6) is 5.75 Å². The second kappa shape index (κ2) is 6.86. The summed E-state index contributed by atoms with van der Waals surface area (Å²) >= 11 is 1.74. The lowest BCUT2D eigenvalue weighted by molar-refractivity contribution is 0.391. The maximum Gasteiger partial charge on any atom is 0.123 e. The molecule has 0 saturated heterocycles. The minimum Gasteiger partial charge on any atom is -0.496 e. The van der Waals surface area contributed by atoms with Crippen molar-refractivity contribution in [3.8, 4) is 5.75 Å². The molecule has 0 bridgehead atoms. The van der Waals surface area contributed by atoms with E-state index >= 15 is 0 Å². The third kappa shape index (κ3) is 3.38. The molecular weight excluding hydrogens is 273 g/mol. The van der Waals surface area contributed by atoms with Crippen molar-refractivity contribution in [2.24, 2.45) is 0 Å². The quantitative estimate of drug-likeness (QED) is 0.833. The molecule has 0 saturated carbocycles. The van der Waals surface area contributed by atoms with E-state index in [1.807, 2.05) is 6.92 Å². The number of thiophene rings is 1. The fourth-order valence-electron chi connectivity index (χ4n) is 2.33. The molecule has 1 aromatic heterocycles. The molecule has 0 amide bonds. The van der Waals surface area contributed by atoms with Gasteiger partial charge >= 0.3 is 0 Å². The van der Waals surface area contributed by atoms with Crippen LogP contribution in [0.4, 0.5) is 4.39 Å². The van der Waals surface area contributed by atoms with Crippen LogP contribution in [0, 0.1) is 5.82 Å². The monoisotopic (exact) mass is 293 g/mol. The molecule has 4 heteroatoms. The normalized spacial score (nSPS) is 14.0. The van der Waals surface area contributed by atoms with Gasteiger partial charge in [0.2, 0.25) is 0 Å². The zero-order chi connectivity index (χ0) is 14.5.